The molecule has 0 spiro atoms. The molecule has 29 heavy (non-hydrogen) atoms. The molecule has 0 atom stereocenters. The van der Waals surface area contributed by atoms with Crippen LogP contribution in [-0.2, 0) is 26.1 Å². The first-order valence-electron chi connectivity index (χ1n) is 9.92. The number of rotatable bonds is 6. The number of fused-ring (bicyclic) bond motifs is 1. The third kappa shape index (κ3) is 5.14. The van der Waals surface area contributed by atoms with Gasteiger partial charge in [0, 0.05) is 32.2 Å². The van der Waals surface area contributed by atoms with Gasteiger partial charge in [0.15, 0.2) is 4.80 Å². The summed E-state index contributed by atoms with van der Waals surface area (Å²) in [5, 5.41) is 0. The molecule has 1 saturated heterocycles. The van der Waals surface area contributed by atoms with Crippen molar-refractivity contribution in [2.45, 2.75) is 40.2 Å². The molecule has 7 nitrogen and oxygen atoms in total. The lowest BCUT2D eigenvalue weighted by Gasteiger charge is -2.28. The molecule has 1 fully saturated rings. The molecule has 0 radical (unpaired) electrons. The van der Waals surface area contributed by atoms with Gasteiger partial charge in [0.2, 0.25) is 10.0 Å². The predicted molar refractivity (Wildman–Crippen MR) is 115 cm³/mol. The molecular weight excluding hydrogens is 410 g/mol. The summed E-state index contributed by atoms with van der Waals surface area (Å²) < 4.78 is 33.5. The number of hydrogen-bond donors (Lipinski definition) is 0. The van der Waals surface area contributed by atoms with Gasteiger partial charge < -0.3 is 9.30 Å². The van der Waals surface area contributed by atoms with Gasteiger partial charge in [0.05, 0.1) is 23.1 Å². The summed E-state index contributed by atoms with van der Waals surface area (Å²) in [7, 11) is -3.20. The second-order valence-corrected chi connectivity index (χ2v) is 10.5. The number of ether oxygens (including phenoxy) is 1. The molecule has 160 valence electrons. The fourth-order valence-corrected chi connectivity index (χ4v) is 5.56. The maximum atomic E-state index is 12.8. The van der Waals surface area contributed by atoms with Crippen LogP contribution in [0.3, 0.4) is 0 Å². The van der Waals surface area contributed by atoms with Gasteiger partial charge in [-0.2, -0.15) is 4.99 Å². The van der Waals surface area contributed by atoms with E-state index in [-0.39, 0.29) is 11.8 Å². The molecule has 0 saturated carbocycles. The number of aromatic nitrogens is 1. The molecule has 1 aliphatic heterocycles. The first-order valence-corrected chi connectivity index (χ1v) is 12.6. The van der Waals surface area contributed by atoms with E-state index in [2.05, 4.69) is 35.5 Å². The van der Waals surface area contributed by atoms with Crippen molar-refractivity contribution in [3.8, 4) is 0 Å². The predicted octanol–water partition coefficient (Wildman–Crippen LogP) is 2.46. The lowest BCUT2D eigenvalue weighted by molar-refractivity contribution is -0.122. The van der Waals surface area contributed by atoms with Gasteiger partial charge in [0.1, 0.15) is 0 Å². The maximum absolute atomic E-state index is 12.8. The molecule has 0 N–H and O–H groups in total. The van der Waals surface area contributed by atoms with Crippen LogP contribution in [0.25, 0.3) is 10.2 Å². The molecule has 1 amide bonds. The summed E-state index contributed by atoms with van der Waals surface area (Å²) in [6.45, 7) is 8.71. The molecule has 0 bridgehead atoms. The quantitative estimate of drug-likeness (QED) is 0.648. The van der Waals surface area contributed by atoms with E-state index in [0.29, 0.717) is 50.5 Å². The van der Waals surface area contributed by atoms with Crippen LogP contribution < -0.4 is 4.80 Å². The van der Waals surface area contributed by atoms with Gasteiger partial charge in [-0.1, -0.05) is 11.3 Å². The van der Waals surface area contributed by atoms with Gasteiger partial charge in [0.25, 0.3) is 5.91 Å². The molecule has 2 heterocycles. The molecule has 0 aliphatic carbocycles. The van der Waals surface area contributed by atoms with Crippen LogP contribution in [0.4, 0.5) is 0 Å². The molecule has 0 unspecified atom stereocenters. The van der Waals surface area contributed by atoms with Crippen molar-refractivity contribution in [2.24, 2.45) is 10.9 Å². The summed E-state index contributed by atoms with van der Waals surface area (Å²) in [5.41, 5.74) is 3.48. The zero-order chi connectivity index (χ0) is 21.2. The average molecular weight is 440 g/mol. The normalized spacial score (nSPS) is 17.3. The van der Waals surface area contributed by atoms with Crippen molar-refractivity contribution in [1.29, 1.82) is 0 Å². The molecule has 1 aliphatic rings. The number of piperidine rings is 1. The van der Waals surface area contributed by atoms with E-state index in [1.807, 2.05) is 6.92 Å². The average Bonchev–Trinajstić information content (AvgIpc) is 2.98. The van der Waals surface area contributed by atoms with Crippen LogP contribution in [-0.4, -0.2) is 55.8 Å². The highest BCUT2D eigenvalue weighted by Crippen LogP contribution is 2.23. The van der Waals surface area contributed by atoms with Crippen LogP contribution in [0.5, 0.6) is 0 Å². The third-order valence-electron chi connectivity index (χ3n) is 5.44. The summed E-state index contributed by atoms with van der Waals surface area (Å²) in [5.74, 6) is -0.398. The highest BCUT2D eigenvalue weighted by Gasteiger charge is 2.29. The highest BCUT2D eigenvalue weighted by atomic mass is 32.2. The number of thiazole rings is 1. The Hall–Kier alpha value is -1.55. The first-order chi connectivity index (χ1) is 13.7. The van der Waals surface area contributed by atoms with Crippen LogP contribution in [0.2, 0.25) is 0 Å². The van der Waals surface area contributed by atoms with E-state index in [1.54, 1.807) is 0 Å². The van der Waals surface area contributed by atoms with Crippen LogP contribution in [0.15, 0.2) is 17.1 Å². The standard InChI is InChI=1S/C20H29N3O4S2/c1-5-27-11-10-23-17-12-14(2)15(3)13-18(17)28-20(23)21-19(24)16-6-8-22(9-7-16)29(4,25)26/h12-13,16H,5-11H2,1-4H3. The zero-order valence-electron chi connectivity index (χ0n) is 17.5. The lowest BCUT2D eigenvalue weighted by atomic mass is 9.98. The number of sulfonamides is 1. The van der Waals surface area contributed by atoms with Gasteiger partial charge in [-0.25, -0.2) is 12.7 Å². The highest BCUT2D eigenvalue weighted by molar-refractivity contribution is 7.88. The fourth-order valence-electron chi connectivity index (χ4n) is 3.54. The Morgan fingerprint density at radius 1 is 1.24 bits per heavy atom. The summed E-state index contributed by atoms with van der Waals surface area (Å²) in [6.07, 6.45) is 2.23. The van der Waals surface area contributed by atoms with Crippen molar-refractivity contribution < 1.29 is 17.9 Å². The Bertz CT molecular complexity index is 1060. The Kier molecular flexibility index (Phi) is 6.93. The number of benzene rings is 1. The van der Waals surface area contributed by atoms with E-state index in [0.717, 1.165) is 10.2 Å². The van der Waals surface area contributed by atoms with Gasteiger partial charge in [-0.3, -0.25) is 4.79 Å². The minimum absolute atomic E-state index is 0.164. The first kappa shape index (κ1) is 22.1. The smallest absolute Gasteiger partial charge is 0.251 e. The Morgan fingerprint density at radius 3 is 2.52 bits per heavy atom. The number of aryl methyl sites for hydroxylation is 2. The zero-order valence-corrected chi connectivity index (χ0v) is 19.1. The molecular formula is C20H29N3O4S2. The van der Waals surface area contributed by atoms with Crippen molar-refractivity contribution >= 4 is 37.5 Å². The summed E-state index contributed by atoms with van der Waals surface area (Å²) in [4.78, 5) is 18.0. The van der Waals surface area contributed by atoms with Gasteiger partial charge >= 0.3 is 0 Å². The number of carbonyl (C=O) groups excluding carboxylic acids is 1. The summed E-state index contributed by atoms with van der Waals surface area (Å²) >= 11 is 1.52. The van der Waals surface area contributed by atoms with Gasteiger partial charge in [-0.05, 0) is 56.9 Å². The number of nitrogens with zero attached hydrogens (tertiary/aromatic N) is 3. The van der Waals surface area contributed by atoms with Crippen molar-refractivity contribution in [3.05, 3.63) is 28.1 Å². The number of amides is 1. The van der Waals surface area contributed by atoms with E-state index < -0.39 is 10.0 Å². The topological polar surface area (TPSA) is 81.0 Å². The van der Waals surface area contributed by atoms with E-state index >= 15 is 0 Å². The molecule has 9 heteroatoms. The maximum Gasteiger partial charge on any atom is 0.251 e. The Labute approximate surface area is 176 Å². The van der Waals surface area contributed by atoms with Crippen LogP contribution in [0, 0.1) is 19.8 Å². The minimum Gasteiger partial charge on any atom is -0.380 e. The number of carbonyl (C=O) groups is 1. The third-order valence-corrected chi connectivity index (χ3v) is 7.78. The van der Waals surface area contributed by atoms with Crippen LogP contribution in [0.1, 0.15) is 30.9 Å². The molecule has 1 aromatic carbocycles. The van der Waals surface area contributed by atoms with Crippen LogP contribution >= 0.6 is 11.3 Å². The van der Waals surface area contributed by atoms with E-state index in [1.165, 1.54) is 33.0 Å². The molecule has 3 rings (SSSR count). The summed E-state index contributed by atoms with van der Waals surface area (Å²) in [6, 6.07) is 4.28. The fraction of sp³-hybridized carbons (Fsp3) is 0.600. The second kappa shape index (κ2) is 9.07. The van der Waals surface area contributed by atoms with Crippen molar-refractivity contribution in [1.82, 2.24) is 8.87 Å². The molecule has 1 aromatic heterocycles. The van der Waals surface area contributed by atoms with Gasteiger partial charge in [-0.15, -0.1) is 0 Å². The SMILES string of the molecule is CCOCCn1c(=NC(=O)C2CCN(S(C)(=O)=O)CC2)sc2cc(C)c(C)cc21. The number of hydrogen-bond acceptors (Lipinski definition) is 5. The Balaban J connectivity index is 1.90. The largest absolute Gasteiger partial charge is 0.380 e. The second-order valence-electron chi connectivity index (χ2n) is 7.52. The van der Waals surface area contributed by atoms with E-state index in [9.17, 15) is 13.2 Å². The monoisotopic (exact) mass is 439 g/mol. The minimum atomic E-state index is -3.20. The van der Waals surface area contributed by atoms with E-state index in [4.69, 9.17) is 4.74 Å². The molecule has 2 aromatic rings. The lowest BCUT2D eigenvalue weighted by Crippen LogP contribution is -2.39. The Morgan fingerprint density at radius 2 is 1.90 bits per heavy atom. The van der Waals surface area contributed by atoms with Crippen molar-refractivity contribution in [3.63, 3.8) is 0 Å². The van der Waals surface area contributed by atoms with Crippen molar-refractivity contribution in [2.75, 3.05) is 32.6 Å².